The topological polar surface area (TPSA) is 64.3 Å². The summed E-state index contributed by atoms with van der Waals surface area (Å²) in [6.45, 7) is 4.09. The van der Waals surface area contributed by atoms with Gasteiger partial charge >= 0.3 is 0 Å². The lowest BCUT2D eigenvalue weighted by Crippen LogP contribution is -2.38. The number of hydrogen-bond donors (Lipinski definition) is 1. The van der Waals surface area contributed by atoms with Gasteiger partial charge in [0.15, 0.2) is 5.16 Å². The third-order valence-corrected chi connectivity index (χ3v) is 8.36. The van der Waals surface area contributed by atoms with E-state index in [1.807, 2.05) is 4.57 Å². The first-order valence-corrected chi connectivity index (χ1v) is 12.4. The minimum atomic E-state index is -0.724. The van der Waals surface area contributed by atoms with E-state index in [0.717, 1.165) is 47.5 Å². The minimum absolute atomic E-state index is 0.127. The number of aromatic nitrogens is 2. The van der Waals surface area contributed by atoms with Gasteiger partial charge in [-0.15, -0.1) is 11.3 Å². The second kappa shape index (κ2) is 8.86. The molecule has 2 aromatic rings. The van der Waals surface area contributed by atoms with Crippen LogP contribution < -0.4 is 5.56 Å². The van der Waals surface area contributed by atoms with E-state index >= 15 is 0 Å². The van der Waals surface area contributed by atoms with Crippen molar-refractivity contribution in [2.75, 3.05) is 19.0 Å². The Morgan fingerprint density at radius 1 is 1.25 bits per heavy atom. The van der Waals surface area contributed by atoms with E-state index in [9.17, 15) is 9.90 Å². The van der Waals surface area contributed by atoms with Crippen molar-refractivity contribution < 1.29 is 9.84 Å². The first kappa shape index (κ1) is 20.4. The Hall–Kier alpha value is -0.890. The van der Waals surface area contributed by atoms with Gasteiger partial charge in [-0.25, -0.2) is 4.98 Å². The number of ether oxygens (including phenoxy) is 1. The number of aryl methyl sites for hydroxylation is 2. The molecule has 2 aliphatic rings. The summed E-state index contributed by atoms with van der Waals surface area (Å²) in [5.41, 5.74) is 0.660. The molecule has 2 aromatic heterocycles. The Balaban J connectivity index is 1.68. The molecule has 0 radical (unpaired) electrons. The fourth-order valence-corrected chi connectivity index (χ4v) is 6.62. The van der Waals surface area contributed by atoms with Gasteiger partial charge in [0, 0.05) is 43.2 Å². The zero-order chi connectivity index (χ0) is 19.6. The van der Waals surface area contributed by atoms with Crippen molar-refractivity contribution in [3.8, 4) is 0 Å². The third-order valence-electron chi connectivity index (χ3n) is 5.92. The number of rotatable bonds is 7. The van der Waals surface area contributed by atoms with Crippen LogP contribution in [-0.4, -0.2) is 39.2 Å². The lowest BCUT2D eigenvalue weighted by atomic mass is 9.97. The highest BCUT2D eigenvalue weighted by Crippen LogP contribution is 2.35. The predicted molar refractivity (Wildman–Crippen MR) is 116 cm³/mol. The van der Waals surface area contributed by atoms with Crippen molar-refractivity contribution in [1.82, 2.24) is 9.55 Å². The Bertz CT molecular complexity index is 884. The Labute approximate surface area is 174 Å². The van der Waals surface area contributed by atoms with E-state index in [2.05, 4.69) is 6.92 Å². The van der Waals surface area contributed by atoms with E-state index in [0.29, 0.717) is 38.4 Å². The first-order chi connectivity index (χ1) is 13.6. The van der Waals surface area contributed by atoms with Crippen LogP contribution in [0.25, 0.3) is 10.2 Å². The maximum absolute atomic E-state index is 13.4. The van der Waals surface area contributed by atoms with Crippen LogP contribution in [0, 0.1) is 0 Å². The fraction of sp³-hybridized carbons (Fsp3) is 0.714. The molecule has 0 bridgehead atoms. The Morgan fingerprint density at radius 3 is 2.82 bits per heavy atom. The summed E-state index contributed by atoms with van der Waals surface area (Å²) in [6.07, 6.45) is 8.98. The molecule has 4 rings (SSSR count). The second-order valence-electron chi connectivity index (χ2n) is 8.07. The van der Waals surface area contributed by atoms with Crippen molar-refractivity contribution in [3.05, 3.63) is 20.8 Å². The molecule has 1 aliphatic carbocycles. The van der Waals surface area contributed by atoms with Gasteiger partial charge in [-0.3, -0.25) is 9.36 Å². The molecule has 1 N–H and O–H groups in total. The summed E-state index contributed by atoms with van der Waals surface area (Å²) in [7, 11) is 0. The molecule has 3 heterocycles. The first-order valence-electron chi connectivity index (χ1n) is 10.6. The monoisotopic (exact) mass is 422 g/mol. The average Bonchev–Trinajstić information content (AvgIpc) is 3.07. The summed E-state index contributed by atoms with van der Waals surface area (Å²) >= 11 is 3.24. The second-order valence-corrected chi connectivity index (χ2v) is 10.1. The highest BCUT2D eigenvalue weighted by atomic mass is 32.2. The smallest absolute Gasteiger partial charge is 0.263 e. The van der Waals surface area contributed by atoms with Gasteiger partial charge in [-0.05, 0) is 37.7 Å². The molecule has 1 saturated heterocycles. The molecule has 28 heavy (non-hydrogen) atoms. The van der Waals surface area contributed by atoms with Crippen molar-refractivity contribution in [2.24, 2.45) is 0 Å². The van der Waals surface area contributed by atoms with Crippen LogP contribution in [0.5, 0.6) is 0 Å². The normalized spacial score (nSPS) is 19.1. The van der Waals surface area contributed by atoms with Crippen molar-refractivity contribution in [2.45, 2.75) is 82.0 Å². The number of fused-ring (bicyclic) bond motifs is 3. The number of aliphatic hydroxyl groups is 1. The van der Waals surface area contributed by atoms with Crippen molar-refractivity contribution >= 4 is 33.3 Å². The maximum Gasteiger partial charge on any atom is 0.263 e. The maximum atomic E-state index is 13.4. The molecule has 5 nitrogen and oxygen atoms in total. The molecule has 0 amide bonds. The number of thiophene rings is 1. The number of hydrogen-bond acceptors (Lipinski definition) is 6. The summed E-state index contributed by atoms with van der Waals surface area (Å²) in [4.78, 5) is 20.6. The minimum Gasteiger partial charge on any atom is -0.389 e. The van der Waals surface area contributed by atoms with E-state index < -0.39 is 5.60 Å². The Morgan fingerprint density at radius 2 is 2.04 bits per heavy atom. The summed E-state index contributed by atoms with van der Waals surface area (Å²) < 4.78 is 7.27. The summed E-state index contributed by atoms with van der Waals surface area (Å²) in [6, 6.07) is 0. The molecular formula is C21H30N2O3S2. The lowest BCUT2D eigenvalue weighted by molar-refractivity contribution is -0.0476. The average molecular weight is 423 g/mol. The lowest BCUT2D eigenvalue weighted by Gasteiger charge is -2.31. The molecule has 7 heteroatoms. The van der Waals surface area contributed by atoms with E-state index in [-0.39, 0.29) is 5.56 Å². The van der Waals surface area contributed by atoms with Gasteiger partial charge in [0.05, 0.1) is 11.0 Å². The van der Waals surface area contributed by atoms with Crippen LogP contribution in [0.1, 0.15) is 62.3 Å². The number of nitrogens with zero attached hydrogens (tertiary/aromatic N) is 2. The molecular weight excluding hydrogens is 392 g/mol. The molecule has 1 fully saturated rings. The number of unbranched alkanes of at least 4 members (excludes halogenated alkanes) is 2. The van der Waals surface area contributed by atoms with Crippen LogP contribution in [0.15, 0.2) is 9.95 Å². The van der Waals surface area contributed by atoms with Gasteiger partial charge < -0.3 is 9.84 Å². The predicted octanol–water partition coefficient (Wildman–Crippen LogP) is 4.16. The van der Waals surface area contributed by atoms with Gasteiger partial charge in [0.25, 0.3) is 5.56 Å². The zero-order valence-electron chi connectivity index (χ0n) is 16.7. The fourth-order valence-electron chi connectivity index (χ4n) is 4.14. The van der Waals surface area contributed by atoms with Gasteiger partial charge in [-0.1, -0.05) is 31.5 Å². The largest absolute Gasteiger partial charge is 0.389 e. The molecule has 154 valence electrons. The standard InChI is InChI=1S/C21H30N2O3S2/c1-2-3-6-11-23-19(24)17-15-7-4-5-8-16(15)28-18(17)22-20(23)27-14-21(25)9-12-26-13-10-21/h25H,2-14H2,1H3. The highest BCUT2D eigenvalue weighted by molar-refractivity contribution is 7.99. The molecule has 1 aliphatic heterocycles. The van der Waals surface area contributed by atoms with Gasteiger partial charge in [0.2, 0.25) is 0 Å². The van der Waals surface area contributed by atoms with Crippen LogP contribution in [0.2, 0.25) is 0 Å². The van der Waals surface area contributed by atoms with Gasteiger partial charge in [0.1, 0.15) is 4.83 Å². The number of thioether (sulfide) groups is 1. The summed E-state index contributed by atoms with van der Waals surface area (Å²) in [5, 5.41) is 12.5. The summed E-state index contributed by atoms with van der Waals surface area (Å²) in [5.74, 6) is 0.563. The van der Waals surface area contributed by atoms with Gasteiger partial charge in [-0.2, -0.15) is 0 Å². The van der Waals surface area contributed by atoms with Crippen LogP contribution >= 0.6 is 23.1 Å². The molecule has 0 unspecified atom stereocenters. The zero-order valence-corrected chi connectivity index (χ0v) is 18.3. The molecule has 0 saturated carbocycles. The van der Waals surface area contributed by atoms with E-state index in [4.69, 9.17) is 9.72 Å². The third kappa shape index (κ3) is 4.18. The van der Waals surface area contributed by atoms with Crippen LogP contribution in [0.3, 0.4) is 0 Å². The molecule has 0 aromatic carbocycles. The van der Waals surface area contributed by atoms with Crippen molar-refractivity contribution in [3.63, 3.8) is 0 Å². The highest BCUT2D eigenvalue weighted by Gasteiger charge is 2.31. The van der Waals surface area contributed by atoms with E-state index in [1.165, 1.54) is 35.0 Å². The molecule has 0 atom stereocenters. The van der Waals surface area contributed by atoms with Crippen LogP contribution in [-0.2, 0) is 24.1 Å². The molecule has 0 spiro atoms. The SMILES string of the molecule is CCCCCn1c(SCC2(O)CCOCC2)nc2sc3c(c2c1=O)CCCC3. The van der Waals surface area contributed by atoms with E-state index in [1.54, 1.807) is 11.3 Å². The van der Waals surface area contributed by atoms with Crippen LogP contribution in [0.4, 0.5) is 0 Å². The van der Waals surface area contributed by atoms with Crippen molar-refractivity contribution in [1.29, 1.82) is 0 Å². The quantitative estimate of drug-likeness (QED) is 0.412. The Kier molecular flexibility index (Phi) is 6.45.